The molecule has 0 aromatic rings. The molecule has 0 saturated carbocycles. The minimum absolute atomic E-state index is 0.215. The molecule has 0 heterocycles. The SMILES string of the molecule is CCC1=C2CCC=C2C(CC)C1=O. The summed E-state index contributed by atoms with van der Waals surface area (Å²) in [5.74, 6) is 0.624. The summed E-state index contributed by atoms with van der Waals surface area (Å²) in [5.41, 5.74) is 3.87. The van der Waals surface area contributed by atoms with Gasteiger partial charge >= 0.3 is 0 Å². The van der Waals surface area contributed by atoms with Crippen molar-refractivity contribution in [2.24, 2.45) is 5.92 Å². The lowest BCUT2D eigenvalue weighted by Gasteiger charge is -2.06. The fraction of sp³-hybridized carbons (Fsp3) is 0.583. The van der Waals surface area contributed by atoms with Crippen molar-refractivity contribution < 1.29 is 4.79 Å². The Morgan fingerprint density at radius 1 is 1.46 bits per heavy atom. The maximum Gasteiger partial charge on any atom is 0.166 e. The van der Waals surface area contributed by atoms with Crippen LogP contribution in [0.2, 0.25) is 0 Å². The zero-order valence-corrected chi connectivity index (χ0v) is 8.39. The molecule has 0 aromatic carbocycles. The van der Waals surface area contributed by atoms with Crippen LogP contribution in [0.5, 0.6) is 0 Å². The van der Waals surface area contributed by atoms with Crippen LogP contribution in [-0.4, -0.2) is 5.78 Å². The van der Waals surface area contributed by atoms with Crippen LogP contribution in [0.4, 0.5) is 0 Å². The summed E-state index contributed by atoms with van der Waals surface area (Å²) >= 11 is 0. The van der Waals surface area contributed by atoms with E-state index in [1.807, 2.05) is 0 Å². The normalized spacial score (nSPS) is 26.8. The molecule has 1 atom stereocenters. The Morgan fingerprint density at radius 2 is 2.23 bits per heavy atom. The maximum atomic E-state index is 11.9. The molecule has 2 aliphatic rings. The van der Waals surface area contributed by atoms with Crippen LogP contribution in [0.3, 0.4) is 0 Å². The van der Waals surface area contributed by atoms with E-state index in [-0.39, 0.29) is 5.92 Å². The summed E-state index contributed by atoms with van der Waals surface area (Å²) in [6.45, 7) is 4.20. The van der Waals surface area contributed by atoms with Gasteiger partial charge in [-0.05, 0) is 42.4 Å². The van der Waals surface area contributed by atoms with Gasteiger partial charge in [0.25, 0.3) is 0 Å². The van der Waals surface area contributed by atoms with Gasteiger partial charge in [0.2, 0.25) is 0 Å². The van der Waals surface area contributed by atoms with Gasteiger partial charge in [-0.1, -0.05) is 19.9 Å². The van der Waals surface area contributed by atoms with Gasteiger partial charge < -0.3 is 0 Å². The summed E-state index contributed by atoms with van der Waals surface area (Å²) in [6.07, 6.45) is 6.42. The average molecular weight is 176 g/mol. The lowest BCUT2D eigenvalue weighted by Crippen LogP contribution is -2.10. The molecule has 2 rings (SSSR count). The molecule has 13 heavy (non-hydrogen) atoms. The number of carbonyl (C=O) groups is 1. The summed E-state index contributed by atoms with van der Waals surface area (Å²) in [4.78, 5) is 11.9. The van der Waals surface area contributed by atoms with Crippen molar-refractivity contribution in [3.8, 4) is 0 Å². The van der Waals surface area contributed by atoms with Gasteiger partial charge in [0, 0.05) is 5.92 Å². The molecule has 0 N–H and O–H groups in total. The largest absolute Gasteiger partial charge is 0.294 e. The number of hydrogen-bond acceptors (Lipinski definition) is 1. The lowest BCUT2D eigenvalue weighted by molar-refractivity contribution is -0.117. The first-order valence-corrected chi connectivity index (χ1v) is 5.26. The maximum absolute atomic E-state index is 11.9. The molecule has 1 heteroatoms. The van der Waals surface area contributed by atoms with Crippen molar-refractivity contribution in [3.63, 3.8) is 0 Å². The molecule has 0 saturated heterocycles. The molecule has 1 nitrogen and oxygen atoms in total. The number of carbonyl (C=O) groups excluding carboxylic acids is 1. The fourth-order valence-electron chi connectivity index (χ4n) is 2.61. The molecule has 0 aromatic heterocycles. The Balaban J connectivity index is 2.42. The molecule has 0 radical (unpaired) electrons. The molecule has 0 amide bonds. The van der Waals surface area contributed by atoms with Crippen molar-refractivity contribution in [2.45, 2.75) is 39.5 Å². The predicted octanol–water partition coefficient (Wildman–Crippen LogP) is 3.02. The van der Waals surface area contributed by atoms with E-state index < -0.39 is 0 Å². The van der Waals surface area contributed by atoms with Gasteiger partial charge in [0.05, 0.1) is 0 Å². The van der Waals surface area contributed by atoms with E-state index in [0.717, 1.165) is 31.3 Å². The third-order valence-corrected chi connectivity index (χ3v) is 3.22. The Hall–Kier alpha value is -0.850. The monoisotopic (exact) mass is 176 g/mol. The van der Waals surface area contributed by atoms with E-state index in [2.05, 4.69) is 19.9 Å². The van der Waals surface area contributed by atoms with Crippen molar-refractivity contribution in [2.75, 3.05) is 0 Å². The van der Waals surface area contributed by atoms with E-state index in [1.54, 1.807) is 0 Å². The highest BCUT2D eigenvalue weighted by atomic mass is 16.1. The Morgan fingerprint density at radius 3 is 2.85 bits per heavy atom. The van der Waals surface area contributed by atoms with Crippen LogP contribution in [0, 0.1) is 5.92 Å². The van der Waals surface area contributed by atoms with Crippen LogP contribution < -0.4 is 0 Å². The third-order valence-electron chi connectivity index (χ3n) is 3.22. The van der Waals surface area contributed by atoms with E-state index in [1.165, 1.54) is 11.1 Å². The average Bonchev–Trinajstić information content (AvgIpc) is 2.64. The lowest BCUT2D eigenvalue weighted by atomic mass is 9.96. The van der Waals surface area contributed by atoms with Crippen LogP contribution in [0.25, 0.3) is 0 Å². The topological polar surface area (TPSA) is 17.1 Å². The van der Waals surface area contributed by atoms with Gasteiger partial charge in [0.15, 0.2) is 5.78 Å². The highest BCUT2D eigenvalue weighted by molar-refractivity contribution is 6.05. The minimum atomic E-state index is 0.215. The molecular formula is C12H16O. The first-order chi connectivity index (χ1) is 6.29. The van der Waals surface area contributed by atoms with Gasteiger partial charge in [-0.3, -0.25) is 4.79 Å². The summed E-state index contributed by atoms with van der Waals surface area (Å²) in [5, 5.41) is 0. The Labute approximate surface area is 79.5 Å². The molecule has 0 spiro atoms. The van der Waals surface area contributed by atoms with Crippen molar-refractivity contribution in [1.82, 2.24) is 0 Å². The van der Waals surface area contributed by atoms with E-state index in [4.69, 9.17) is 0 Å². The highest BCUT2D eigenvalue weighted by Crippen LogP contribution is 2.43. The minimum Gasteiger partial charge on any atom is -0.294 e. The fourth-order valence-corrected chi connectivity index (χ4v) is 2.61. The van der Waals surface area contributed by atoms with Crippen LogP contribution in [0.1, 0.15) is 39.5 Å². The Bertz CT molecular complexity index is 307. The van der Waals surface area contributed by atoms with E-state index >= 15 is 0 Å². The van der Waals surface area contributed by atoms with Crippen molar-refractivity contribution in [1.29, 1.82) is 0 Å². The number of ketones is 1. The quantitative estimate of drug-likeness (QED) is 0.632. The molecule has 0 bridgehead atoms. The second-order valence-corrected chi connectivity index (χ2v) is 3.83. The first kappa shape index (κ1) is 8.74. The molecule has 70 valence electrons. The van der Waals surface area contributed by atoms with Crippen molar-refractivity contribution in [3.05, 3.63) is 22.8 Å². The number of Topliss-reactive ketones (excluding diaryl/α,β-unsaturated/α-hetero) is 1. The van der Waals surface area contributed by atoms with Gasteiger partial charge in [-0.2, -0.15) is 0 Å². The van der Waals surface area contributed by atoms with Gasteiger partial charge in [-0.15, -0.1) is 0 Å². The number of allylic oxidation sites excluding steroid dienone is 4. The smallest absolute Gasteiger partial charge is 0.166 e. The standard InChI is InChI=1S/C12H16O/c1-3-8-10-6-5-7-11(10)9(4-2)12(8)13/h6,8H,3-5,7H2,1-2H3. The summed E-state index contributed by atoms with van der Waals surface area (Å²) in [7, 11) is 0. The van der Waals surface area contributed by atoms with Crippen LogP contribution in [-0.2, 0) is 4.79 Å². The molecule has 0 aliphatic heterocycles. The first-order valence-electron chi connectivity index (χ1n) is 5.26. The summed E-state index contributed by atoms with van der Waals surface area (Å²) < 4.78 is 0. The molecule has 0 fully saturated rings. The van der Waals surface area contributed by atoms with E-state index in [9.17, 15) is 4.79 Å². The molecule has 1 unspecified atom stereocenters. The number of rotatable bonds is 2. The zero-order chi connectivity index (χ0) is 9.42. The zero-order valence-electron chi connectivity index (χ0n) is 8.39. The molecule has 2 aliphatic carbocycles. The van der Waals surface area contributed by atoms with Crippen molar-refractivity contribution >= 4 is 5.78 Å². The Kier molecular flexibility index (Phi) is 2.10. The summed E-state index contributed by atoms with van der Waals surface area (Å²) in [6, 6.07) is 0. The molecular weight excluding hydrogens is 160 g/mol. The second-order valence-electron chi connectivity index (χ2n) is 3.83. The van der Waals surface area contributed by atoms with Gasteiger partial charge in [0.1, 0.15) is 0 Å². The van der Waals surface area contributed by atoms with Gasteiger partial charge in [-0.25, -0.2) is 0 Å². The second kappa shape index (κ2) is 3.13. The van der Waals surface area contributed by atoms with Crippen LogP contribution in [0.15, 0.2) is 22.8 Å². The number of fused-ring (bicyclic) bond motifs is 1. The number of hydrogen-bond donors (Lipinski definition) is 0. The van der Waals surface area contributed by atoms with E-state index in [0.29, 0.717) is 5.78 Å². The predicted molar refractivity (Wildman–Crippen MR) is 53.4 cm³/mol. The highest BCUT2D eigenvalue weighted by Gasteiger charge is 2.36. The third kappa shape index (κ3) is 1.10. The van der Waals surface area contributed by atoms with Crippen LogP contribution >= 0.6 is 0 Å².